The minimum atomic E-state index is -0.518. The van der Waals surface area contributed by atoms with Gasteiger partial charge in [0.25, 0.3) is 0 Å². The normalized spacial score (nSPS) is 14.8. The summed E-state index contributed by atoms with van der Waals surface area (Å²) in [4.78, 5) is 0. The molecule has 1 aromatic rings. The number of nitrogens with one attached hydrogen (secondary N) is 1. The molecule has 0 fully saturated rings. The van der Waals surface area contributed by atoms with Crippen LogP contribution in [0.2, 0.25) is 0 Å². The second kappa shape index (κ2) is 6.83. The van der Waals surface area contributed by atoms with Crippen LogP contribution in [0.4, 0.5) is 8.78 Å². The fraction of sp³-hybridized carbons (Fsp3) is 0.600. The van der Waals surface area contributed by atoms with E-state index in [1.165, 1.54) is 6.07 Å². The lowest BCUT2D eigenvalue weighted by Crippen LogP contribution is -2.31. The second-order valence-corrected chi connectivity index (χ2v) is 5.22. The first-order valence-electron chi connectivity index (χ1n) is 6.64. The molecule has 0 spiro atoms. The molecule has 0 radical (unpaired) electrons. The highest BCUT2D eigenvalue weighted by molar-refractivity contribution is 5.23. The van der Waals surface area contributed by atoms with E-state index in [0.717, 1.165) is 19.0 Å². The second-order valence-electron chi connectivity index (χ2n) is 5.22. The minimum Gasteiger partial charge on any atom is -0.314 e. The Morgan fingerprint density at radius 1 is 1.17 bits per heavy atom. The van der Waals surface area contributed by atoms with Gasteiger partial charge in [-0.15, -0.1) is 0 Å². The zero-order chi connectivity index (χ0) is 13.7. The van der Waals surface area contributed by atoms with Crippen LogP contribution >= 0.6 is 0 Å². The van der Waals surface area contributed by atoms with Crippen molar-refractivity contribution >= 4 is 0 Å². The standard InChI is InChI=1S/C15H23F2N/c1-5-11(4)14(9-18-10(2)3)13-7-6-12(16)8-15(13)17/h6-8,10-11,14,18H,5,9H2,1-4H3. The average Bonchev–Trinajstić information content (AvgIpc) is 2.30. The SMILES string of the molecule is CCC(C)C(CNC(C)C)c1ccc(F)cc1F. The number of hydrogen-bond acceptors (Lipinski definition) is 1. The summed E-state index contributed by atoms with van der Waals surface area (Å²) >= 11 is 0. The Labute approximate surface area is 109 Å². The van der Waals surface area contributed by atoms with Gasteiger partial charge in [0.05, 0.1) is 0 Å². The van der Waals surface area contributed by atoms with Crippen LogP contribution in [0.5, 0.6) is 0 Å². The molecule has 0 saturated carbocycles. The molecule has 0 heterocycles. The molecule has 2 atom stereocenters. The maximum absolute atomic E-state index is 13.9. The molecule has 1 N–H and O–H groups in total. The molecule has 1 rings (SSSR count). The summed E-state index contributed by atoms with van der Waals surface area (Å²) in [5, 5.41) is 3.34. The highest BCUT2D eigenvalue weighted by atomic mass is 19.1. The van der Waals surface area contributed by atoms with Gasteiger partial charge in [-0.05, 0) is 17.5 Å². The maximum Gasteiger partial charge on any atom is 0.129 e. The van der Waals surface area contributed by atoms with E-state index < -0.39 is 11.6 Å². The Morgan fingerprint density at radius 3 is 2.33 bits per heavy atom. The largest absolute Gasteiger partial charge is 0.314 e. The highest BCUT2D eigenvalue weighted by Gasteiger charge is 2.21. The van der Waals surface area contributed by atoms with E-state index in [4.69, 9.17) is 0 Å². The van der Waals surface area contributed by atoms with Crippen LogP contribution in [-0.2, 0) is 0 Å². The van der Waals surface area contributed by atoms with Gasteiger partial charge in [0, 0.05) is 24.6 Å². The molecule has 2 unspecified atom stereocenters. The lowest BCUT2D eigenvalue weighted by Gasteiger charge is -2.25. The van der Waals surface area contributed by atoms with Crippen molar-refractivity contribution in [2.75, 3.05) is 6.54 Å². The highest BCUT2D eigenvalue weighted by Crippen LogP contribution is 2.28. The molecule has 1 aromatic carbocycles. The van der Waals surface area contributed by atoms with Crippen molar-refractivity contribution < 1.29 is 8.78 Å². The van der Waals surface area contributed by atoms with Crippen molar-refractivity contribution in [2.45, 2.75) is 46.1 Å². The zero-order valence-electron chi connectivity index (χ0n) is 11.6. The molecule has 102 valence electrons. The first-order valence-corrected chi connectivity index (χ1v) is 6.64. The molecule has 3 heteroatoms. The lowest BCUT2D eigenvalue weighted by molar-refractivity contribution is 0.394. The van der Waals surface area contributed by atoms with Crippen LogP contribution in [0.1, 0.15) is 45.6 Å². The summed E-state index contributed by atoms with van der Waals surface area (Å²) in [6.07, 6.45) is 0.973. The van der Waals surface area contributed by atoms with Crippen molar-refractivity contribution in [3.63, 3.8) is 0 Å². The molecule has 0 saturated heterocycles. The summed E-state index contributed by atoms with van der Waals surface area (Å²) in [5.41, 5.74) is 0.610. The van der Waals surface area contributed by atoms with Gasteiger partial charge in [0.15, 0.2) is 0 Å². The van der Waals surface area contributed by atoms with Crippen LogP contribution < -0.4 is 5.32 Å². The number of rotatable bonds is 6. The van der Waals surface area contributed by atoms with Crippen LogP contribution in [0.15, 0.2) is 18.2 Å². The fourth-order valence-corrected chi connectivity index (χ4v) is 2.07. The molecule has 18 heavy (non-hydrogen) atoms. The molecule has 0 aliphatic carbocycles. The minimum absolute atomic E-state index is 0.0815. The van der Waals surface area contributed by atoms with Gasteiger partial charge in [0.1, 0.15) is 11.6 Å². The molecule has 0 aliphatic rings. The summed E-state index contributed by atoms with van der Waals surface area (Å²) in [7, 11) is 0. The Hall–Kier alpha value is -0.960. The molecular formula is C15H23F2N. The van der Waals surface area contributed by atoms with Crippen molar-refractivity contribution in [3.05, 3.63) is 35.4 Å². The molecule has 0 aromatic heterocycles. The molecule has 0 amide bonds. The first-order chi connectivity index (χ1) is 8.45. The smallest absolute Gasteiger partial charge is 0.129 e. The van der Waals surface area contributed by atoms with Crippen molar-refractivity contribution in [3.8, 4) is 0 Å². The van der Waals surface area contributed by atoms with Gasteiger partial charge in [-0.3, -0.25) is 0 Å². The summed E-state index contributed by atoms with van der Waals surface area (Å²) in [5.74, 6) is -0.518. The third-order valence-electron chi connectivity index (χ3n) is 3.44. The van der Waals surface area contributed by atoms with Gasteiger partial charge in [-0.1, -0.05) is 40.2 Å². The Bertz CT molecular complexity index is 377. The molecule has 0 bridgehead atoms. The predicted molar refractivity (Wildman–Crippen MR) is 71.7 cm³/mol. The Kier molecular flexibility index (Phi) is 5.73. The fourth-order valence-electron chi connectivity index (χ4n) is 2.07. The Morgan fingerprint density at radius 2 is 1.83 bits per heavy atom. The van der Waals surface area contributed by atoms with Gasteiger partial charge < -0.3 is 5.32 Å². The first kappa shape index (κ1) is 15.1. The topological polar surface area (TPSA) is 12.0 Å². The van der Waals surface area contributed by atoms with Crippen LogP contribution in [0, 0.1) is 17.6 Å². The average molecular weight is 255 g/mol. The quantitative estimate of drug-likeness (QED) is 0.807. The van der Waals surface area contributed by atoms with E-state index in [0.29, 0.717) is 17.5 Å². The van der Waals surface area contributed by atoms with E-state index >= 15 is 0 Å². The summed E-state index contributed by atoms with van der Waals surface area (Å²) < 4.78 is 26.8. The van der Waals surface area contributed by atoms with Crippen LogP contribution in [-0.4, -0.2) is 12.6 Å². The third-order valence-corrected chi connectivity index (χ3v) is 3.44. The zero-order valence-corrected chi connectivity index (χ0v) is 11.6. The van der Waals surface area contributed by atoms with Crippen molar-refractivity contribution in [1.82, 2.24) is 5.32 Å². The maximum atomic E-state index is 13.9. The number of halogens is 2. The van der Waals surface area contributed by atoms with Crippen LogP contribution in [0.3, 0.4) is 0 Å². The van der Waals surface area contributed by atoms with Gasteiger partial charge in [-0.2, -0.15) is 0 Å². The van der Waals surface area contributed by atoms with E-state index in [2.05, 4.69) is 33.0 Å². The van der Waals surface area contributed by atoms with Gasteiger partial charge in [0.2, 0.25) is 0 Å². The van der Waals surface area contributed by atoms with Crippen molar-refractivity contribution in [1.29, 1.82) is 0 Å². The van der Waals surface area contributed by atoms with E-state index in [-0.39, 0.29) is 5.92 Å². The van der Waals surface area contributed by atoms with E-state index in [1.807, 2.05) is 0 Å². The van der Waals surface area contributed by atoms with E-state index in [1.54, 1.807) is 6.07 Å². The Balaban J connectivity index is 2.94. The van der Waals surface area contributed by atoms with Gasteiger partial charge >= 0.3 is 0 Å². The monoisotopic (exact) mass is 255 g/mol. The third kappa shape index (κ3) is 4.05. The summed E-state index contributed by atoms with van der Waals surface area (Å²) in [6.45, 7) is 9.04. The molecular weight excluding hydrogens is 232 g/mol. The predicted octanol–water partition coefficient (Wildman–Crippen LogP) is 4.09. The van der Waals surface area contributed by atoms with Crippen LogP contribution in [0.25, 0.3) is 0 Å². The number of hydrogen-bond donors (Lipinski definition) is 1. The molecule has 0 aliphatic heterocycles. The van der Waals surface area contributed by atoms with Crippen molar-refractivity contribution in [2.24, 2.45) is 5.92 Å². The summed E-state index contributed by atoms with van der Waals surface area (Å²) in [6, 6.07) is 4.24. The number of benzene rings is 1. The lowest BCUT2D eigenvalue weighted by atomic mass is 9.85. The van der Waals surface area contributed by atoms with Gasteiger partial charge in [-0.25, -0.2) is 8.78 Å². The van der Waals surface area contributed by atoms with E-state index in [9.17, 15) is 8.78 Å². The molecule has 1 nitrogen and oxygen atoms in total.